The van der Waals surface area contributed by atoms with Gasteiger partial charge in [-0.3, -0.25) is 0 Å². The molecule has 30 heavy (non-hydrogen) atoms. The number of aromatic nitrogens is 2. The Morgan fingerprint density at radius 1 is 1.07 bits per heavy atom. The minimum Gasteiger partial charge on any atom is -0.411 e. The average molecular weight is 402 g/mol. The molecule has 4 heteroatoms. The largest absolute Gasteiger partial charge is 0.411 e. The molecule has 1 aromatic carbocycles. The summed E-state index contributed by atoms with van der Waals surface area (Å²) < 4.78 is 2.37. The fourth-order valence-corrected chi connectivity index (χ4v) is 7.72. The van der Waals surface area contributed by atoms with Gasteiger partial charge in [0.15, 0.2) is 0 Å². The molecule has 4 aliphatic rings. The Morgan fingerprint density at radius 3 is 2.80 bits per heavy atom. The van der Waals surface area contributed by atoms with E-state index in [4.69, 9.17) is 0 Å². The minimum absolute atomic E-state index is 0.231. The molecule has 2 fully saturated rings. The first kappa shape index (κ1) is 18.4. The molecule has 0 unspecified atom stereocenters. The normalized spacial score (nSPS) is 39.3. The third kappa shape index (κ3) is 2.34. The summed E-state index contributed by atoms with van der Waals surface area (Å²) in [5, 5.41) is 12.8. The molecule has 156 valence electrons. The van der Waals surface area contributed by atoms with E-state index in [1.165, 1.54) is 42.5 Å². The van der Waals surface area contributed by atoms with E-state index in [-0.39, 0.29) is 10.8 Å². The second-order valence-corrected chi connectivity index (χ2v) is 10.5. The summed E-state index contributed by atoms with van der Waals surface area (Å²) in [7, 11) is 0. The average Bonchev–Trinajstić information content (AvgIpc) is 3.33. The molecule has 1 N–H and O–H groups in total. The van der Waals surface area contributed by atoms with E-state index in [2.05, 4.69) is 65.0 Å². The first-order valence-electron chi connectivity index (χ1n) is 11.6. The molecule has 4 aliphatic carbocycles. The summed E-state index contributed by atoms with van der Waals surface area (Å²) in [6.07, 6.45) is 15.0. The molecule has 1 aromatic heterocycles. The first-order chi connectivity index (χ1) is 14.5. The smallest absolute Gasteiger partial charge is 0.100 e. The number of oxime groups is 1. The van der Waals surface area contributed by atoms with Crippen LogP contribution in [-0.2, 0) is 0 Å². The number of fused-ring (bicyclic) bond motifs is 6. The fourth-order valence-electron chi connectivity index (χ4n) is 7.72. The highest BCUT2D eigenvalue weighted by Crippen LogP contribution is 2.66. The molecule has 0 radical (unpaired) electrons. The van der Waals surface area contributed by atoms with Crippen LogP contribution < -0.4 is 0 Å². The van der Waals surface area contributed by atoms with Gasteiger partial charge in [-0.2, -0.15) is 0 Å². The molecule has 5 atom stereocenters. The minimum atomic E-state index is 0.231. The van der Waals surface area contributed by atoms with Crippen LogP contribution in [-0.4, -0.2) is 20.5 Å². The maximum Gasteiger partial charge on any atom is 0.100 e. The maximum absolute atomic E-state index is 9.28. The summed E-state index contributed by atoms with van der Waals surface area (Å²) in [6.45, 7) is 5.02. The van der Waals surface area contributed by atoms with Gasteiger partial charge in [-0.25, -0.2) is 4.98 Å². The van der Waals surface area contributed by atoms with Gasteiger partial charge >= 0.3 is 0 Å². The summed E-state index contributed by atoms with van der Waals surface area (Å²) in [5.41, 5.74) is 6.72. The van der Waals surface area contributed by atoms with Gasteiger partial charge < -0.3 is 9.77 Å². The van der Waals surface area contributed by atoms with Crippen molar-refractivity contribution in [3.8, 4) is 0 Å². The van der Waals surface area contributed by atoms with E-state index < -0.39 is 0 Å². The molecule has 4 nitrogen and oxygen atoms in total. The van der Waals surface area contributed by atoms with Gasteiger partial charge in [-0.1, -0.05) is 42.8 Å². The lowest BCUT2D eigenvalue weighted by Crippen LogP contribution is -2.50. The molecule has 1 heterocycles. The summed E-state index contributed by atoms with van der Waals surface area (Å²) in [6, 6.07) is 8.51. The van der Waals surface area contributed by atoms with Crippen molar-refractivity contribution in [2.75, 3.05) is 0 Å². The molecular formula is C26H31N3O. The number of para-hydroxylation sites is 2. The van der Waals surface area contributed by atoms with Crippen LogP contribution in [0.3, 0.4) is 0 Å². The Bertz CT molecular complexity index is 1110. The standard InChI is InChI=1S/C26H31N3O/c1-25-13-11-18(28-30)15-17(25)7-8-19-20-9-10-24(26(20,2)14-12-21(19)25)29-16-27-22-5-3-4-6-23(22)29/h3-6,10,15-16,19-21,30H,7-9,11-14H2,1-2H3/b28-18+/t19-,20-,21-,25-,26-/m0/s1. The number of hydrogen-bond donors (Lipinski definition) is 1. The predicted octanol–water partition coefficient (Wildman–Crippen LogP) is 6.28. The first-order valence-corrected chi connectivity index (χ1v) is 11.6. The van der Waals surface area contributed by atoms with Gasteiger partial charge in [0.1, 0.15) is 6.33 Å². The van der Waals surface area contributed by atoms with Gasteiger partial charge in [-0.05, 0) is 86.3 Å². The molecular weight excluding hydrogens is 370 g/mol. The Kier molecular flexibility index (Phi) is 3.88. The van der Waals surface area contributed by atoms with E-state index in [0.29, 0.717) is 0 Å². The van der Waals surface area contributed by atoms with Crippen LogP contribution in [0.15, 0.2) is 53.5 Å². The number of hydrogen-bond acceptors (Lipinski definition) is 3. The number of allylic oxidation sites excluding steroid dienone is 4. The zero-order chi connectivity index (χ0) is 20.5. The highest BCUT2D eigenvalue weighted by Gasteiger charge is 2.57. The van der Waals surface area contributed by atoms with Gasteiger partial charge in [-0.15, -0.1) is 0 Å². The van der Waals surface area contributed by atoms with Crippen molar-refractivity contribution in [2.45, 2.75) is 58.8 Å². The summed E-state index contributed by atoms with van der Waals surface area (Å²) >= 11 is 0. The zero-order valence-corrected chi connectivity index (χ0v) is 18.0. The Hall–Kier alpha value is -2.36. The van der Waals surface area contributed by atoms with Gasteiger partial charge in [0.2, 0.25) is 0 Å². The van der Waals surface area contributed by atoms with E-state index >= 15 is 0 Å². The summed E-state index contributed by atoms with van der Waals surface area (Å²) in [5.74, 6) is 2.25. The monoisotopic (exact) mass is 401 g/mol. The Labute approximate surface area is 178 Å². The van der Waals surface area contributed by atoms with Crippen LogP contribution in [0.5, 0.6) is 0 Å². The summed E-state index contributed by atoms with van der Waals surface area (Å²) in [4.78, 5) is 4.68. The third-order valence-electron chi connectivity index (χ3n) is 9.36. The van der Waals surface area contributed by atoms with Crippen molar-refractivity contribution in [1.82, 2.24) is 9.55 Å². The van der Waals surface area contributed by atoms with E-state index in [1.807, 2.05) is 6.33 Å². The van der Waals surface area contributed by atoms with Gasteiger partial charge in [0, 0.05) is 11.1 Å². The maximum atomic E-state index is 9.28. The van der Waals surface area contributed by atoms with Crippen molar-refractivity contribution >= 4 is 22.4 Å². The Balaban J connectivity index is 1.35. The second kappa shape index (κ2) is 6.32. The van der Waals surface area contributed by atoms with Gasteiger partial charge in [0.05, 0.1) is 16.7 Å². The number of imidazole rings is 1. The lowest BCUT2D eigenvalue weighted by molar-refractivity contribution is -0.0203. The molecule has 0 amide bonds. The number of nitrogens with zero attached hydrogens (tertiary/aromatic N) is 3. The van der Waals surface area contributed by atoms with Crippen LogP contribution in [0.2, 0.25) is 0 Å². The zero-order valence-electron chi connectivity index (χ0n) is 18.0. The van der Waals surface area contributed by atoms with Crippen molar-refractivity contribution < 1.29 is 5.21 Å². The molecule has 0 saturated heterocycles. The van der Waals surface area contributed by atoms with Crippen molar-refractivity contribution in [3.63, 3.8) is 0 Å². The van der Waals surface area contributed by atoms with Crippen LogP contribution in [0.25, 0.3) is 16.7 Å². The fraction of sp³-hybridized carbons (Fsp3) is 0.538. The van der Waals surface area contributed by atoms with E-state index in [1.54, 1.807) is 0 Å². The molecule has 6 rings (SSSR count). The number of rotatable bonds is 1. The lowest BCUT2D eigenvalue weighted by Gasteiger charge is -2.57. The van der Waals surface area contributed by atoms with Crippen molar-refractivity contribution in [2.24, 2.45) is 33.7 Å². The van der Waals surface area contributed by atoms with E-state index in [9.17, 15) is 5.21 Å². The molecule has 0 bridgehead atoms. The van der Waals surface area contributed by atoms with Crippen LogP contribution in [0, 0.1) is 28.6 Å². The topological polar surface area (TPSA) is 50.4 Å². The second-order valence-electron chi connectivity index (χ2n) is 10.5. The van der Waals surface area contributed by atoms with E-state index in [0.717, 1.165) is 48.2 Å². The van der Waals surface area contributed by atoms with Crippen LogP contribution in [0.4, 0.5) is 0 Å². The number of benzene rings is 1. The predicted molar refractivity (Wildman–Crippen MR) is 120 cm³/mol. The van der Waals surface area contributed by atoms with Crippen molar-refractivity contribution in [3.05, 3.63) is 48.3 Å². The highest BCUT2D eigenvalue weighted by molar-refractivity contribution is 5.96. The Morgan fingerprint density at radius 2 is 1.93 bits per heavy atom. The van der Waals surface area contributed by atoms with Crippen LogP contribution in [0.1, 0.15) is 58.8 Å². The van der Waals surface area contributed by atoms with Crippen LogP contribution >= 0.6 is 0 Å². The lowest BCUT2D eigenvalue weighted by atomic mass is 9.47. The SMILES string of the molecule is C[C@]12CC/C(=N\O)C=C1CC[C@@H]1[C@@H]2CC[C@]2(C)C(n3cnc4ccccc43)=CC[C@@H]12. The van der Waals surface area contributed by atoms with Gasteiger partial charge in [0.25, 0.3) is 0 Å². The molecule has 0 spiro atoms. The third-order valence-corrected chi connectivity index (χ3v) is 9.36. The molecule has 0 aliphatic heterocycles. The quantitative estimate of drug-likeness (QED) is 0.451. The molecule has 2 aromatic rings. The van der Waals surface area contributed by atoms with Crippen molar-refractivity contribution in [1.29, 1.82) is 0 Å². The highest BCUT2D eigenvalue weighted by atomic mass is 16.4. The molecule has 2 saturated carbocycles.